The number of nitrogens with one attached hydrogen (secondary N) is 1. The van der Waals surface area contributed by atoms with Crippen molar-refractivity contribution in [2.75, 3.05) is 11.9 Å². The molecule has 25 heavy (non-hydrogen) atoms. The van der Waals surface area contributed by atoms with Crippen LogP contribution < -0.4 is 5.32 Å². The molecular weight excluding hydrogens is 343 g/mol. The number of nitrogens with zero attached hydrogens (tertiary/aromatic N) is 1. The van der Waals surface area contributed by atoms with Crippen molar-refractivity contribution in [1.82, 2.24) is 4.31 Å². The summed E-state index contributed by atoms with van der Waals surface area (Å²) in [5.74, 6) is -0.797. The zero-order chi connectivity index (χ0) is 17.9. The zero-order valence-electron chi connectivity index (χ0n) is 13.6. The fraction of sp³-hybridized carbons (Fsp3) is 0.278. The zero-order valence-corrected chi connectivity index (χ0v) is 14.4. The predicted octanol–water partition coefficient (Wildman–Crippen LogP) is 3.01. The molecule has 2 aromatic rings. The van der Waals surface area contributed by atoms with Gasteiger partial charge in [0.2, 0.25) is 15.9 Å². The molecule has 1 heterocycles. The van der Waals surface area contributed by atoms with Gasteiger partial charge in [0.15, 0.2) is 0 Å². The number of rotatable bonds is 4. The molecule has 0 saturated carbocycles. The Labute approximate surface area is 146 Å². The molecule has 2 aromatic carbocycles. The van der Waals surface area contributed by atoms with Crippen LogP contribution in [0.2, 0.25) is 0 Å². The largest absolute Gasteiger partial charge is 0.325 e. The Morgan fingerprint density at radius 3 is 2.40 bits per heavy atom. The molecule has 1 saturated heterocycles. The molecular formula is C18H19FN2O3S. The smallest absolute Gasteiger partial charge is 0.243 e. The summed E-state index contributed by atoms with van der Waals surface area (Å²) < 4.78 is 40.0. The third-order valence-electron chi connectivity index (χ3n) is 4.22. The predicted molar refractivity (Wildman–Crippen MR) is 93.0 cm³/mol. The van der Waals surface area contributed by atoms with Gasteiger partial charge in [-0.3, -0.25) is 4.79 Å². The Bertz CT molecular complexity index is 838. The molecule has 0 unspecified atom stereocenters. The first-order valence-electron chi connectivity index (χ1n) is 8.12. The second-order valence-electron chi connectivity index (χ2n) is 5.94. The summed E-state index contributed by atoms with van der Waals surface area (Å²) in [7, 11) is -3.74. The van der Waals surface area contributed by atoms with Crippen LogP contribution in [0.15, 0.2) is 59.5 Å². The van der Waals surface area contributed by atoms with Gasteiger partial charge in [0, 0.05) is 12.2 Å². The highest BCUT2D eigenvalue weighted by atomic mass is 32.2. The molecule has 132 valence electrons. The normalized spacial score (nSPS) is 18.7. The van der Waals surface area contributed by atoms with Crippen LogP contribution in [-0.2, 0) is 14.8 Å². The van der Waals surface area contributed by atoms with Crippen LogP contribution >= 0.6 is 0 Å². The highest BCUT2D eigenvalue weighted by Crippen LogP contribution is 2.26. The van der Waals surface area contributed by atoms with Crippen LogP contribution in [0, 0.1) is 5.82 Å². The van der Waals surface area contributed by atoms with E-state index in [1.165, 1.54) is 40.7 Å². The fourth-order valence-electron chi connectivity index (χ4n) is 2.94. The van der Waals surface area contributed by atoms with Gasteiger partial charge in [0.25, 0.3) is 0 Å². The Morgan fingerprint density at radius 2 is 1.72 bits per heavy atom. The Morgan fingerprint density at radius 1 is 1.04 bits per heavy atom. The van der Waals surface area contributed by atoms with E-state index in [1.54, 1.807) is 18.2 Å². The van der Waals surface area contributed by atoms with Crippen molar-refractivity contribution in [3.63, 3.8) is 0 Å². The summed E-state index contributed by atoms with van der Waals surface area (Å²) in [6, 6.07) is 12.7. The molecule has 0 bridgehead atoms. The molecule has 1 atom stereocenters. The number of carbonyl (C=O) groups is 1. The molecule has 1 N–H and O–H groups in total. The van der Waals surface area contributed by atoms with E-state index in [4.69, 9.17) is 0 Å². The van der Waals surface area contributed by atoms with Gasteiger partial charge in [-0.05, 0) is 49.2 Å². The number of amides is 1. The van der Waals surface area contributed by atoms with Gasteiger partial charge in [-0.25, -0.2) is 12.8 Å². The molecule has 0 spiro atoms. The van der Waals surface area contributed by atoms with Crippen LogP contribution in [0.5, 0.6) is 0 Å². The molecule has 1 aliphatic rings. The summed E-state index contributed by atoms with van der Waals surface area (Å²) in [6.07, 6.45) is 1.95. The third kappa shape index (κ3) is 3.88. The maximum absolute atomic E-state index is 13.0. The van der Waals surface area contributed by atoms with Gasteiger partial charge in [0.05, 0.1) is 4.90 Å². The molecule has 5 nitrogen and oxygen atoms in total. The first-order chi connectivity index (χ1) is 12.0. The lowest BCUT2D eigenvalue weighted by Gasteiger charge is -2.33. The van der Waals surface area contributed by atoms with Gasteiger partial charge in [0.1, 0.15) is 11.9 Å². The minimum Gasteiger partial charge on any atom is -0.325 e. The van der Waals surface area contributed by atoms with E-state index in [2.05, 4.69) is 5.32 Å². The van der Waals surface area contributed by atoms with Crippen molar-refractivity contribution in [3.8, 4) is 0 Å². The molecule has 0 radical (unpaired) electrons. The lowest BCUT2D eigenvalue weighted by Crippen LogP contribution is -2.49. The average molecular weight is 362 g/mol. The van der Waals surface area contributed by atoms with E-state index in [-0.39, 0.29) is 4.90 Å². The van der Waals surface area contributed by atoms with E-state index in [0.717, 1.165) is 6.42 Å². The maximum atomic E-state index is 13.0. The number of carbonyl (C=O) groups excluding carboxylic acids is 1. The van der Waals surface area contributed by atoms with Crippen LogP contribution in [0.4, 0.5) is 10.1 Å². The van der Waals surface area contributed by atoms with Gasteiger partial charge in [-0.15, -0.1) is 0 Å². The third-order valence-corrected chi connectivity index (χ3v) is 6.14. The highest BCUT2D eigenvalue weighted by Gasteiger charge is 2.37. The number of sulfonamides is 1. The van der Waals surface area contributed by atoms with Crippen molar-refractivity contribution >= 4 is 21.6 Å². The van der Waals surface area contributed by atoms with E-state index in [9.17, 15) is 17.6 Å². The Hall–Kier alpha value is -2.25. The Balaban J connectivity index is 1.83. The van der Waals surface area contributed by atoms with Crippen LogP contribution in [0.25, 0.3) is 0 Å². The minimum absolute atomic E-state index is 0.177. The standard InChI is InChI=1S/C18H19FN2O3S/c19-14-9-11-15(12-10-14)20-18(22)17-8-4-5-13-21(17)25(23,24)16-6-2-1-3-7-16/h1-3,6-7,9-12,17H,4-5,8,13H2,(H,20,22)/t17-/m0/s1. The van der Waals surface area contributed by atoms with Gasteiger partial charge >= 0.3 is 0 Å². The van der Waals surface area contributed by atoms with Gasteiger partial charge in [-0.1, -0.05) is 24.6 Å². The lowest BCUT2D eigenvalue weighted by molar-refractivity contribution is -0.120. The van der Waals surface area contributed by atoms with E-state index in [1.807, 2.05) is 0 Å². The summed E-state index contributed by atoms with van der Waals surface area (Å²) in [4.78, 5) is 12.8. The molecule has 1 aliphatic heterocycles. The molecule has 1 fully saturated rings. The topological polar surface area (TPSA) is 66.5 Å². The van der Waals surface area contributed by atoms with E-state index in [0.29, 0.717) is 25.1 Å². The van der Waals surface area contributed by atoms with Crippen molar-refractivity contribution in [2.45, 2.75) is 30.2 Å². The van der Waals surface area contributed by atoms with Crippen molar-refractivity contribution in [1.29, 1.82) is 0 Å². The molecule has 0 aliphatic carbocycles. The first kappa shape index (κ1) is 17.6. The molecule has 7 heteroatoms. The highest BCUT2D eigenvalue weighted by molar-refractivity contribution is 7.89. The van der Waals surface area contributed by atoms with Crippen molar-refractivity contribution < 1.29 is 17.6 Å². The van der Waals surface area contributed by atoms with Crippen LogP contribution in [0.1, 0.15) is 19.3 Å². The van der Waals surface area contributed by atoms with E-state index >= 15 is 0 Å². The van der Waals surface area contributed by atoms with Gasteiger partial charge < -0.3 is 5.32 Å². The Kier molecular flexibility index (Phi) is 5.15. The molecule has 0 aromatic heterocycles. The summed E-state index contributed by atoms with van der Waals surface area (Å²) in [5, 5.41) is 2.68. The minimum atomic E-state index is -3.74. The monoisotopic (exact) mass is 362 g/mol. The van der Waals surface area contributed by atoms with Crippen molar-refractivity contribution in [2.24, 2.45) is 0 Å². The fourth-order valence-corrected chi connectivity index (χ4v) is 4.62. The summed E-state index contributed by atoms with van der Waals surface area (Å²) in [6.45, 7) is 0.304. The summed E-state index contributed by atoms with van der Waals surface area (Å²) >= 11 is 0. The number of anilines is 1. The quantitative estimate of drug-likeness (QED) is 0.909. The molecule has 1 amide bonds. The molecule has 3 rings (SSSR count). The average Bonchev–Trinajstić information content (AvgIpc) is 2.64. The number of halogens is 1. The number of hydrogen-bond acceptors (Lipinski definition) is 3. The first-order valence-corrected chi connectivity index (χ1v) is 9.56. The second kappa shape index (κ2) is 7.33. The number of piperidine rings is 1. The number of benzene rings is 2. The maximum Gasteiger partial charge on any atom is 0.243 e. The van der Waals surface area contributed by atoms with Crippen molar-refractivity contribution in [3.05, 3.63) is 60.4 Å². The van der Waals surface area contributed by atoms with Crippen LogP contribution in [0.3, 0.4) is 0 Å². The van der Waals surface area contributed by atoms with Gasteiger partial charge in [-0.2, -0.15) is 4.31 Å². The SMILES string of the molecule is O=C(Nc1ccc(F)cc1)[C@@H]1CCCCN1S(=O)(=O)c1ccccc1. The number of hydrogen-bond donors (Lipinski definition) is 1. The van der Waals surface area contributed by atoms with Crippen LogP contribution in [-0.4, -0.2) is 31.2 Å². The lowest BCUT2D eigenvalue weighted by atomic mass is 10.0. The van der Waals surface area contributed by atoms with E-state index < -0.39 is 27.8 Å². The summed E-state index contributed by atoms with van der Waals surface area (Å²) in [5.41, 5.74) is 0.439. The second-order valence-corrected chi connectivity index (χ2v) is 7.83.